The molecule has 8 aromatic carbocycles. The van der Waals surface area contributed by atoms with E-state index in [2.05, 4.69) is 50.4 Å². The summed E-state index contributed by atoms with van der Waals surface area (Å²) in [5, 5.41) is 34.2. The monoisotopic (exact) mass is 754 g/mol. The first-order chi connectivity index (χ1) is 29.0. The van der Waals surface area contributed by atoms with Crippen LogP contribution in [-0.4, -0.2) is 9.13 Å². The van der Waals surface area contributed by atoms with Gasteiger partial charge in [0.15, 0.2) is 5.69 Å². The van der Waals surface area contributed by atoms with E-state index in [0.717, 1.165) is 65.9 Å². The maximum atomic E-state index is 16.1. The molecule has 0 N–H and O–H groups in total. The van der Waals surface area contributed by atoms with Gasteiger partial charge in [0, 0.05) is 27.1 Å². The first-order valence-electron chi connectivity index (χ1n) is 18.8. The summed E-state index contributed by atoms with van der Waals surface area (Å²) in [5.74, 6) is -0.545. The molecule has 0 aliphatic rings. The quantitative estimate of drug-likeness (QED) is 0.164. The maximum Gasteiger partial charge on any atom is 0.187 e. The third kappa shape index (κ3) is 5.59. The van der Waals surface area contributed by atoms with Gasteiger partial charge in [0.1, 0.15) is 17.4 Å². The van der Waals surface area contributed by atoms with E-state index in [1.54, 1.807) is 24.3 Å². The zero-order valence-electron chi connectivity index (χ0n) is 31.1. The molecule has 2 heterocycles. The lowest BCUT2D eigenvalue weighted by Crippen LogP contribution is -2.05. The molecule has 2 aromatic heterocycles. The average molecular weight is 755 g/mol. The Hall–Kier alpha value is -8.75. The Kier molecular flexibility index (Phi) is 8.10. The molecular formula is C52H27FN6. The van der Waals surface area contributed by atoms with Crippen molar-refractivity contribution in [3.8, 4) is 63.0 Å². The van der Waals surface area contributed by atoms with Gasteiger partial charge in [-0.3, -0.25) is 0 Å². The summed E-state index contributed by atoms with van der Waals surface area (Å²) in [4.78, 5) is 3.54. The molecule has 0 aliphatic carbocycles. The number of aromatic nitrogens is 2. The Morgan fingerprint density at radius 2 is 0.915 bits per heavy atom. The second kappa shape index (κ2) is 13.8. The first-order valence-corrected chi connectivity index (χ1v) is 18.8. The van der Waals surface area contributed by atoms with Gasteiger partial charge in [-0.25, -0.2) is 9.24 Å². The SMILES string of the molecule is [C-]#[N+]c1ccc(-c2ccc3c(c2)c2ccccc2n3-c2cc(-c3ccc(C#N)cc3F)cc(-n3c4ccccc4c4cc(-c5ccc(C#N)cc5)ccc43)c2C#N)cc1. The van der Waals surface area contributed by atoms with Crippen molar-refractivity contribution in [2.24, 2.45) is 0 Å². The van der Waals surface area contributed by atoms with E-state index in [1.807, 2.05) is 115 Å². The summed E-state index contributed by atoms with van der Waals surface area (Å²) in [6.45, 7) is 7.38. The molecule has 0 amide bonds. The fraction of sp³-hybridized carbons (Fsp3) is 0. The molecular weight excluding hydrogens is 728 g/mol. The third-order valence-corrected chi connectivity index (χ3v) is 11.1. The van der Waals surface area contributed by atoms with Crippen LogP contribution < -0.4 is 0 Å². The van der Waals surface area contributed by atoms with Gasteiger partial charge in [-0.15, -0.1) is 0 Å². The predicted octanol–water partition coefficient (Wildman–Crippen LogP) is 13.2. The Morgan fingerprint density at radius 3 is 1.41 bits per heavy atom. The fourth-order valence-corrected chi connectivity index (χ4v) is 8.34. The van der Waals surface area contributed by atoms with Crippen LogP contribution in [0.5, 0.6) is 0 Å². The van der Waals surface area contributed by atoms with E-state index in [0.29, 0.717) is 39.3 Å². The van der Waals surface area contributed by atoms with Gasteiger partial charge in [0.2, 0.25) is 0 Å². The molecule has 0 unspecified atom stereocenters. The van der Waals surface area contributed by atoms with Crippen LogP contribution in [0.1, 0.15) is 16.7 Å². The molecule has 59 heavy (non-hydrogen) atoms. The number of rotatable bonds is 5. The molecule has 0 aliphatic heterocycles. The minimum atomic E-state index is -0.545. The van der Waals surface area contributed by atoms with Gasteiger partial charge in [0.25, 0.3) is 0 Å². The molecule has 0 saturated heterocycles. The molecule has 10 rings (SSSR count). The Morgan fingerprint density at radius 1 is 0.441 bits per heavy atom. The average Bonchev–Trinajstić information content (AvgIpc) is 3.80. The third-order valence-electron chi connectivity index (χ3n) is 11.1. The van der Waals surface area contributed by atoms with E-state index < -0.39 is 5.82 Å². The van der Waals surface area contributed by atoms with Gasteiger partial charge < -0.3 is 9.13 Å². The van der Waals surface area contributed by atoms with E-state index in [-0.39, 0.29) is 5.56 Å². The highest BCUT2D eigenvalue weighted by molar-refractivity contribution is 6.12. The van der Waals surface area contributed by atoms with Crippen molar-refractivity contribution in [3.05, 3.63) is 198 Å². The predicted molar refractivity (Wildman–Crippen MR) is 232 cm³/mol. The lowest BCUT2D eigenvalue weighted by atomic mass is 9.98. The summed E-state index contributed by atoms with van der Waals surface area (Å²) >= 11 is 0. The normalized spacial score (nSPS) is 11.1. The molecule has 0 atom stereocenters. The minimum Gasteiger partial charge on any atom is -0.308 e. The molecule has 10 aromatic rings. The molecule has 0 spiro atoms. The zero-order valence-corrected chi connectivity index (χ0v) is 31.1. The van der Waals surface area contributed by atoms with Crippen LogP contribution in [-0.2, 0) is 0 Å². The molecule has 272 valence electrons. The van der Waals surface area contributed by atoms with Crippen LogP contribution in [0.15, 0.2) is 164 Å². The number of para-hydroxylation sites is 2. The fourth-order valence-electron chi connectivity index (χ4n) is 8.34. The van der Waals surface area contributed by atoms with Crippen molar-refractivity contribution in [2.45, 2.75) is 0 Å². The van der Waals surface area contributed by atoms with Crippen LogP contribution in [0, 0.1) is 46.4 Å². The summed E-state index contributed by atoms with van der Waals surface area (Å²) in [7, 11) is 0. The van der Waals surface area contributed by atoms with Gasteiger partial charge in [-0.2, -0.15) is 15.8 Å². The van der Waals surface area contributed by atoms with Crippen molar-refractivity contribution >= 4 is 49.3 Å². The van der Waals surface area contributed by atoms with E-state index >= 15 is 4.39 Å². The Labute approximate surface area is 338 Å². The van der Waals surface area contributed by atoms with Crippen molar-refractivity contribution in [3.63, 3.8) is 0 Å². The molecule has 0 bridgehead atoms. The summed E-state index contributed by atoms with van der Waals surface area (Å²) in [6, 6.07) is 58.6. The zero-order chi connectivity index (χ0) is 40.2. The lowest BCUT2D eigenvalue weighted by molar-refractivity contribution is 0.631. The Balaban J connectivity index is 1.28. The highest BCUT2D eigenvalue weighted by Gasteiger charge is 2.24. The lowest BCUT2D eigenvalue weighted by Gasteiger charge is -2.19. The topological polar surface area (TPSA) is 85.6 Å². The number of halogens is 1. The minimum absolute atomic E-state index is 0.211. The number of nitrogens with zero attached hydrogens (tertiary/aromatic N) is 6. The number of hydrogen-bond donors (Lipinski definition) is 0. The molecule has 0 fully saturated rings. The van der Waals surface area contributed by atoms with Crippen LogP contribution >= 0.6 is 0 Å². The van der Waals surface area contributed by atoms with Crippen molar-refractivity contribution in [2.75, 3.05) is 0 Å². The van der Waals surface area contributed by atoms with Crippen molar-refractivity contribution < 1.29 is 4.39 Å². The van der Waals surface area contributed by atoms with E-state index in [1.165, 1.54) is 6.07 Å². The second-order valence-corrected chi connectivity index (χ2v) is 14.3. The number of fused-ring (bicyclic) bond motifs is 6. The van der Waals surface area contributed by atoms with E-state index in [9.17, 15) is 15.8 Å². The smallest absolute Gasteiger partial charge is 0.187 e. The van der Waals surface area contributed by atoms with Gasteiger partial charge in [-0.1, -0.05) is 91.0 Å². The number of hydrogen-bond acceptors (Lipinski definition) is 3. The second-order valence-electron chi connectivity index (χ2n) is 14.3. The highest BCUT2D eigenvalue weighted by Crippen LogP contribution is 2.42. The van der Waals surface area contributed by atoms with Crippen LogP contribution in [0.25, 0.3) is 93.2 Å². The summed E-state index contributed by atoms with van der Waals surface area (Å²) in [6.07, 6.45) is 0. The van der Waals surface area contributed by atoms with Crippen molar-refractivity contribution in [1.82, 2.24) is 9.13 Å². The van der Waals surface area contributed by atoms with Crippen LogP contribution in [0.3, 0.4) is 0 Å². The molecule has 0 radical (unpaired) electrons. The van der Waals surface area contributed by atoms with Gasteiger partial charge in [-0.05, 0) is 101 Å². The number of benzene rings is 8. The van der Waals surface area contributed by atoms with Crippen LogP contribution in [0.2, 0.25) is 0 Å². The highest BCUT2D eigenvalue weighted by atomic mass is 19.1. The number of nitriles is 3. The van der Waals surface area contributed by atoms with E-state index in [4.69, 9.17) is 6.57 Å². The van der Waals surface area contributed by atoms with Crippen LogP contribution in [0.4, 0.5) is 10.1 Å². The summed E-state index contributed by atoms with van der Waals surface area (Å²) < 4.78 is 20.3. The molecule has 7 heteroatoms. The van der Waals surface area contributed by atoms with Crippen molar-refractivity contribution in [1.29, 1.82) is 15.8 Å². The Bertz CT molecular complexity index is 3350. The van der Waals surface area contributed by atoms with Gasteiger partial charge in [0.05, 0.1) is 63.3 Å². The molecule has 0 saturated carbocycles. The molecule has 6 nitrogen and oxygen atoms in total. The maximum absolute atomic E-state index is 16.1. The standard InChI is InChI=1S/C52H27FN6/c1-57-39-19-15-35(16-20-39)37-18-23-50-44(26-37)42-7-3-5-9-48(42)59(50)52-28-38(40-21-12-33(30-55)24-46(40)53)27-51(45(52)31-56)58-47-8-4-2-6-41(47)43-25-36(17-22-49(43)58)34-13-10-32(29-54)11-14-34/h2-28H. The van der Waals surface area contributed by atoms with Gasteiger partial charge >= 0.3 is 0 Å². The summed E-state index contributed by atoms with van der Waals surface area (Å²) in [5.41, 5.74) is 11.1. The largest absolute Gasteiger partial charge is 0.308 e. The first kappa shape index (κ1) is 34.7.